The molecule has 8 nitrogen and oxygen atoms in total. The van der Waals surface area contributed by atoms with Crippen LogP contribution in [0.5, 0.6) is 40.2 Å². The lowest BCUT2D eigenvalue weighted by molar-refractivity contribution is 0.0971. The number of unbranched alkanes of at least 4 members (excludes halogenated alkanes) is 6. The standard InChI is InChI=1S/C40H64O8/c1-8-14-22-43-32-28-31(38(34(29-32)42-7)46-25-17-11-4)20-21-33(41)37-39(47-26-18-12-5)35(44-23-15-9-2)30-36(45-24-16-10-3)40(37)48-27-19-13-6/h28-30H,8-27H2,1-7H3. The van der Waals surface area contributed by atoms with Gasteiger partial charge in [-0.3, -0.25) is 4.79 Å². The first-order valence-electron chi connectivity index (χ1n) is 18.7. The second-order valence-electron chi connectivity index (χ2n) is 12.2. The lowest BCUT2D eigenvalue weighted by atomic mass is 9.99. The Labute approximate surface area is 291 Å². The average Bonchev–Trinajstić information content (AvgIpc) is 3.09. The molecule has 0 aliphatic carbocycles. The van der Waals surface area contributed by atoms with Crippen LogP contribution in [0.2, 0.25) is 0 Å². The molecular weight excluding hydrogens is 608 g/mol. The van der Waals surface area contributed by atoms with Crippen LogP contribution in [-0.4, -0.2) is 52.5 Å². The Morgan fingerprint density at radius 1 is 0.500 bits per heavy atom. The van der Waals surface area contributed by atoms with Crippen molar-refractivity contribution < 1.29 is 38.0 Å². The Balaban J connectivity index is 2.65. The van der Waals surface area contributed by atoms with E-state index in [0.717, 1.165) is 82.6 Å². The van der Waals surface area contributed by atoms with Gasteiger partial charge >= 0.3 is 0 Å². The number of Topliss-reactive ketones (excluding diaryl/α,β-unsaturated/α-hetero) is 1. The maximum absolute atomic E-state index is 14.5. The van der Waals surface area contributed by atoms with Crippen LogP contribution in [0.3, 0.4) is 0 Å². The van der Waals surface area contributed by atoms with Gasteiger partial charge in [0.25, 0.3) is 0 Å². The Hall–Kier alpha value is -3.29. The molecule has 2 aromatic rings. The molecule has 0 spiro atoms. The molecule has 0 saturated carbocycles. The van der Waals surface area contributed by atoms with Crippen LogP contribution < -0.4 is 33.2 Å². The van der Waals surface area contributed by atoms with Crippen LogP contribution in [0.4, 0.5) is 0 Å². The first-order chi connectivity index (χ1) is 23.5. The number of hydrogen-bond donors (Lipinski definition) is 0. The molecule has 0 N–H and O–H groups in total. The maximum Gasteiger partial charge on any atom is 0.176 e. The third-order valence-electron chi connectivity index (χ3n) is 7.90. The van der Waals surface area contributed by atoms with Crippen LogP contribution in [0.15, 0.2) is 18.2 Å². The van der Waals surface area contributed by atoms with E-state index in [2.05, 4.69) is 41.5 Å². The van der Waals surface area contributed by atoms with E-state index in [-0.39, 0.29) is 12.2 Å². The van der Waals surface area contributed by atoms with Gasteiger partial charge in [0, 0.05) is 24.1 Å². The summed E-state index contributed by atoms with van der Waals surface area (Å²) in [4.78, 5) is 14.5. The molecule has 48 heavy (non-hydrogen) atoms. The van der Waals surface area contributed by atoms with E-state index in [0.29, 0.717) is 91.9 Å². The SMILES string of the molecule is CCCCOc1cc(CCC(=O)c2c(OCCCC)c(OCCCC)cc(OCCCC)c2OCCCC)c(OCCCC)c(OC)c1. The molecule has 0 radical (unpaired) electrons. The van der Waals surface area contributed by atoms with E-state index in [4.69, 9.17) is 33.2 Å². The van der Waals surface area contributed by atoms with Crippen molar-refractivity contribution in [2.75, 3.05) is 46.8 Å². The third-order valence-corrected chi connectivity index (χ3v) is 7.90. The predicted molar refractivity (Wildman–Crippen MR) is 195 cm³/mol. The topological polar surface area (TPSA) is 81.7 Å². The van der Waals surface area contributed by atoms with E-state index in [1.165, 1.54) is 0 Å². The normalized spacial score (nSPS) is 10.9. The monoisotopic (exact) mass is 672 g/mol. The minimum atomic E-state index is -0.106. The summed E-state index contributed by atoms with van der Waals surface area (Å²) in [6.07, 6.45) is 11.9. The summed E-state index contributed by atoms with van der Waals surface area (Å²) in [6, 6.07) is 5.71. The Kier molecular flexibility index (Phi) is 21.1. The van der Waals surface area contributed by atoms with E-state index in [1.807, 2.05) is 18.2 Å². The molecule has 272 valence electrons. The van der Waals surface area contributed by atoms with Gasteiger partial charge < -0.3 is 33.2 Å². The highest BCUT2D eigenvalue weighted by Gasteiger charge is 2.29. The predicted octanol–water partition coefficient (Wildman–Crippen LogP) is 10.6. The lowest BCUT2D eigenvalue weighted by Crippen LogP contribution is -2.14. The summed E-state index contributed by atoms with van der Waals surface area (Å²) in [7, 11) is 1.64. The number of hydrogen-bond acceptors (Lipinski definition) is 8. The summed E-state index contributed by atoms with van der Waals surface area (Å²) in [5.41, 5.74) is 1.25. The molecule has 0 aromatic heterocycles. The van der Waals surface area contributed by atoms with Gasteiger partial charge in [0.15, 0.2) is 40.3 Å². The summed E-state index contributed by atoms with van der Waals surface area (Å²) in [5, 5.41) is 0. The zero-order chi connectivity index (χ0) is 35.0. The largest absolute Gasteiger partial charge is 0.493 e. The van der Waals surface area contributed by atoms with Gasteiger partial charge in [-0.15, -0.1) is 0 Å². The second kappa shape index (κ2) is 24.8. The van der Waals surface area contributed by atoms with Gasteiger partial charge in [-0.05, 0) is 51.0 Å². The van der Waals surface area contributed by atoms with Crippen molar-refractivity contribution in [2.45, 2.75) is 131 Å². The summed E-state index contributed by atoms with van der Waals surface area (Å²) < 4.78 is 43.5. The van der Waals surface area contributed by atoms with Gasteiger partial charge in [0.05, 0.1) is 46.8 Å². The second-order valence-corrected chi connectivity index (χ2v) is 12.2. The first-order valence-corrected chi connectivity index (χ1v) is 18.7. The highest BCUT2D eigenvalue weighted by molar-refractivity contribution is 6.03. The molecule has 0 unspecified atom stereocenters. The van der Waals surface area contributed by atoms with Crippen molar-refractivity contribution >= 4 is 5.78 Å². The van der Waals surface area contributed by atoms with Gasteiger partial charge in [-0.25, -0.2) is 0 Å². The number of ether oxygens (including phenoxy) is 7. The van der Waals surface area contributed by atoms with Crippen LogP contribution in [-0.2, 0) is 6.42 Å². The quantitative estimate of drug-likeness (QED) is 0.0624. The van der Waals surface area contributed by atoms with Gasteiger partial charge in [-0.2, -0.15) is 0 Å². The highest BCUT2D eigenvalue weighted by atomic mass is 16.5. The molecule has 2 rings (SSSR count). The molecule has 8 heteroatoms. The minimum absolute atomic E-state index is 0.106. The van der Waals surface area contributed by atoms with Gasteiger partial charge in [-0.1, -0.05) is 80.1 Å². The minimum Gasteiger partial charge on any atom is -0.493 e. The molecule has 0 amide bonds. The van der Waals surface area contributed by atoms with Crippen molar-refractivity contribution in [1.82, 2.24) is 0 Å². The molecule has 0 heterocycles. The molecule has 0 aliphatic heterocycles. The van der Waals surface area contributed by atoms with Gasteiger partial charge in [0.2, 0.25) is 0 Å². The zero-order valence-corrected chi connectivity index (χ0v) is 31.1. The van der Waals surface area contributed by atoms with E-state index >= 15 is 0 Å². The lowest BCUT2D eigenvalue weighted by Gasteiger charge is -2.22. The Morgan fingerprint density at radius 2 is 0.917 bits per heavy atom. The smallest absolute Gasteiger partial charge is 0.176 e. The van der Waals surface area contributed by atoms with Crippen molar-refractivity contribution in [2.24, 2.45) is 0 Å². The van der Waals surface area contributed by atoms with E-state index in [1.54, 1.807) is 7.11 Å². The number of methoxy groups -OCH3 is 1. The number of aryl methyl sites for hydroxylation is 1. The van der Waals surface area contributed by atoms with Crippen molar-refractivity contribution in [3.63, 3.8) is 0 Å². The van der Waals surface area contributed by atoms with Crippen LogP contribution in [0.25, 0.3) is 0 Å². The number of benzene rings is 2. The van der Waals surface area contributed by atoms with Gasteiger partial charge in [0.1, 0.15) is 11.3 Å². The van der Waals surface area contributed by atoms with Crippen molar-refractivity contribution in [1.29, 1.82) is 0 Å². The highest BCUT2D eigenvalue weighted by Crippen LogP contribution is 2.46. The van der Waals surface area contributed by atoms with Crippen molar-refractivity contribution in [3.05, 3.63) is 29.3 Å². The molecule has 0 aliphatic rings. The van der Waals surface area contributed by atoms with Crippen LogP contribution in [0.1, 0.15) is 141 Å². The fraction of sp³-hybridized carbons (Fsp3) is 0.675. The fourth-order valence-electron chi connectivity index (χ4n) is 4.89. The Morgan fingerprint density at radius 3 is 1.35 bits per heavy atom. The van der Waals surface area contributed by atoms with Crippen LogP contribution in [0, 0.1) is 0 Å². The molecule has 2 aromatic carbocycles. The summed E-state index contributed by atoms with van der Waals surface area (Å²) in [5.74, 6) is 3.77. The first kappa shape index (κ1) is 40.9. The van der Waals surface area contributed by atoms with E-state index < -0.39 is 0 Å². The molecule has 0 fully saturated rings. The fourth-order valence-corrected chi connectivity index (χ4v) is 4.89. The Bertz CT molecular complexity index is 1140. The average molecular weight is 673 g/mol. The summed E-state index contributed by atoms with van der Waals surface area (Å²) >= 11 is 0. The van der Waals surface area contributed by atoms with E-state index in [9.17, 15) is 4.79 Å². The van der Waals surface area contributed by atoms with Crippen molar-refractivity contribution in [3.8, 4) is 40.2 Å². The number of rotatable bonds is 29. The number of carbonyl (C=O) groups excluding carboxylic acids is 1. The third kappa shape index (κ3) is 13.7. The molecule has 0 saturated heterocycles. The zero-order valence-electron chi connectivity index (χ0n) is 31.1. The molecule has 0 bridgehead atoms. The number of carbonyl (C=O) groups is 1. The molecular formula is C40H64O8. The maximum atomic E-state index is 14.5. The van der Waals surface area contributed by atoms with Crippen LogP contribution >= 0.6 is 0 Å². The summed E-state index contributed by atoms with van der Waals surface area (Å²) in [6.45, 7) is 15.9. The number of ketones is 1. The molecule has 0 atom stereocenters.